The third-order valence-corrected chi connectivity index (χ3v) is 3.49. The van der Waals surface area contributed by atoms with E-state index in [2.05, 4.69) is 48.8 Å². The number of furan rings is 1. The predicted octanol–water partition coefficient (Wildman–Crippen LogP) is 3.60. The average Bonchev–Trinajstić information content (AvgIpc) is 2.97. The number of hydrogen-bond donors (Lipinski definition) is 1. The largest absolute Gasteiger partial charge is 0.464 e. The lowest BCUT2D eigenvalue weighted by Crippen LogP contribution is -2.20. The fourth-order valence-corrected chi connectivity index (χ4v) is 2.55. The van der Waals surface area contributed by atoms with E-state index < -0.39 is 0 Å². The van der Waals surface area contributed by atoms with Crippen LogP contribution in [0, 0.1) is 0 Å². The zero-order valence-corrected chi connectivity index (χ0v) is 10.5. The van der Waals surface area contributed by atoms with E-state index in [1.807, 2.05) is 0 Å². The Hall–Kier alpha value is -1.06. The molecule has 2 heterocycles. The molecule has 1 atom stereocenters. The number of thiophene rings is 1. The second-order valence-corrected chi connectivity index (χ2v) is 4.64. The van der Waals surface area contributed by atoms with Crippen molar-refractivity contribution < 1.29 is 4.42 Å². The summed E-state index contributed by atoms with van der Waals surface area (Å²) in [5.41, 5.74) is 0. The second-order valence-electron chi connectivity index (χ2n) is 3.66. The molecule has 16 heavy (non-hydrogen) atoms. The molecule has 0 spiro atoms. The van der Waals surface area contributed by atoms with Crippen molar-refractivity contribution in [3.8, 4) is 0 Å². The molecule has 2 aromatic rings. The average molecular weight is 235 g/mol. The van der Waals surface area contributed by atoms with E-state index in [1.54, 1.807) is 11.3 Å². The summed E-state index contributed by atoms with van der Waals surface area (Å²) < 4.78 is 5.82. The molecule has 2 nitrogen and oxygen atoms in total. The molecule has 0 fully saturated rings. The van der Waals surface area contributed by atoms with E-state index in [9.17, 15) is 0 Å². The molecule has 0 radical (unpaired) electrons. The summed E-state index contributed by atoms with van der Waals surface area (Å²) >= 11 is 1.76. The van der Waals surface area contributed by atoms with Crippen LogP contribution in [0.1, 0.15) is 36.3 Å². The van der Waals surface area contributed by atoms with Gasteiger partial charge in [0.25, 0.3) is 0 Å². The maximum atomic E-state index is 5.82. The maximum absolute atomic E-state index is 5.82. The van der Waals surface area contributed by atoms with Gasteiger partial charge in [0.1, 0.15) is 17.6 Å². The minimum Gasteiger partial charge on any atom is -0.464 e. The van der Waals surface area contributed by atoms with Gasteiger partial charge in [-0.05, 0) is 30.1 Å². The lowest BCUT2D eigenvalue weighted by Gasteiger charge is -2.13. The molecule has 2 rings (SSSR count). The second kappa shape index (κ2) is 5.32. The molecule has 0 amide bonds. The molecule has 0 aliphatic carbocycles. The molecule has 1 unspecified atom stereocenters. The van der Waals surface area contributed by atoms with Crippen molar-refractivity contribution in [2.45, 2.75) is 26.3 Å². The molecule has 0 saturated heterocycles. The van der Waals surface area contributed by atoms with Gasteiger partial charge in [-0.3, -0.25) is 0 Å². The van der Waals surface area contributed by atoms with Gasteiger partial charge in [0.15, 0.2) is 0 Å². The Morgan fingerprint density at radius 2 is 2.19 bits per heavy atom. The predicted molar refractivity (Wildman–Crippen MR) is 67.9 cm³/mol. The van der Waals surface area contributed by atoms with Crippen LogP contribution in [0.25, 0.3) is 0 Å². The Kier molecular flexibility index (Phi) is 3.80. The summed E-state index contributed by atoms with van der Waals surface area (Å²) in [4.78, 5) is 1.30. The summed E-state index contributed by atoms with van der Waals surface area (Å²) in [6.45, 7) is 5.16. The molecule has 3 heteroatoms. The highest BCUT2D eigenvalue weighted by molar-refractivity contribution is 7.10. The van der Waals surface area contributed by atoms with Crippen LogP contribution >= 0.6 is 11.3 Å². The summed E-state index contributed by atoms with van der Waals surface area (Å²) in [6, 6.07) is 8.56. The third-order valence-electron chi connectivity index (χ3n) is 2.55. The third kappa shape index (κ3) is 2.36. The number of aryl methyl sites for hydroxylation is 1. The number of hydrogen-bond acceptors (Lipinski definition) is 3. The van der Waals surface area contributed by atoms with Crippen molar-refractivity contribution in [3.63, 3.8) is 0 Å². The minimum absolute atomic E-state index is 0.199. The number of nitrogens with one attached hydrogen (secondary N) is 1. The molecular formula is C13H17NOS. The summed E-state index contributed by atoms with van der Waals surface area (Å²) in [7, 11) is 0. The van der Waals surface area contributed by atoms with Crippen LogP contribution in [0.5, 0.6) is 0 Å². The molecule has 0 aliphatic heterocycles. The highest BCUT2D eigenvalue weighted by Crippen LogP contribution is 2.27. The molecule has 0 saturated carbocycles. The van der Waals surface area contributed by atoms with Gasteiger partial charge in [-0.25, -0.2) is 0 Å². The summed E-state index contributed by atoms with van der Waals surface area (Å²) in [5, 5.41) is 5.56. The molecule has 0 aromatic carbocycles. The van der Waals surface area contributed by atoms with Gasteiger partial charge >= 0.3 is 0 Å². The Bertz CT molecular complexity index is 419. The Labute approximate surface area is 100 Å². The van der Waals surface area contributed by atoms with Crippen LogP contribution in [0.2, 0.25) is 0 Å². The van der Waals surface area contributed by atoms with Crippen LogP contribution in [0.3, 0.4) is 0 Å². The quantitative estimate of drug-likeness (QED) is 0.856. The Morgan fingerprint density at radius 1 is 1.31 bits per heavy atom. The lowest BCUT2D eigenvalue weighted by atomic mass is 10.2. The summed E-state index contributed by atoms with van der Waals surface area (Å²) in [5.74, 6) is 2.07. The smallest absolute Gasteiger partial charge is 0.126 e. The monoisotopic (exact) mass is 235 g/mol. The van der Waals surface area contributed by atoms with E-state index in [0.29, 0.717) is 0 Å². The van der Waals surface area contributed by atoms with E-state index in [1.165, 1.54) is 4.88 Å². The van der Waals surface area contributed by atoms with Crippen molar-refractivity contribution in [1.29, 1.82) is 0 Å². The highest BCUT2D eigenvalue weighted by atomic mass is 32.1. The van der Waals surface area contributed by atoms with Gasteiger partial charge < -0.3 is 9.73 Å². The normalized spacial score (nSPS) is 12.9. The molecule has 0 bridgehead atoms. The van der Waals surface area contributed by atoms with Gasteiger partial charge in [-0.1, -0.05) is 19.9 Å². The van der Waals surface area contributed by atoms with Crippen LogP contribution in [-0.2, 0) is 6.42 Å². The van der Waals surface area contributed by atoms with Crippen LogP contribution < -0.4 is 5.32 Å². The first-order chi connectivity index (χ1) is 7.85. The van der Waals surface area contributed by atoms with Crippen LogP contribution in [0.15, 0.2) is 34.1 Å². The van der Waals surface area contributed by atoms with Gasteiger partial charge in [0, 0.05) is 11.3 Å². The zero-order valence-electron chi connectivity index (χ0n) is 9.69. The zero-order chi connectivity index (χ0) is 11.4. The van der Waals surface area contributed by atoms with Gasteiger partial charge in [-0.2, -0.15) is 0 Å². The maximum Gasteiger partial charge on any atom is 0.126 e. The first kappa shape index (κ1) is 11.4. The fourth-order valence-electron chi connectivity index (χ4n) is 1.74. The van der Waals surface area contributed by atoms with E-state index in [-0.39, 0.29) is 6.04 Å². The first-order valence-electron chi connectivity index (χ1n) is 5.70. The first-order valence-corrected chi connectivity index (χ1v) is 6.58. The topological polar surface area (TPSA) is 25.2 Å². The highest BCUT2D eigenvalue weighted by Gasteiger charge is 2.17. The van der Waals surface area contributed by atoms with Crippen molar-refractivity contribution in [2.75, 3.05) is 6.54 Å². The van der Waals surface area contributed by atoms with Gasteiger partial charge in [0.05, 0.1) is 0 Å². The number of rotatable bonds is 5. The van der Waals surface area contributed by atoms with Crippen LogP contribution in [0.4, 0.5) is 0 Å². The van der Waals surface area contributed by atoms with Crippen molar-refractivity contribution in [3.05, 3.63) is 46.0 Å². The Morgan fingerprint density at radius 3 is 2.75 bits per heavy atom. The van der Waals surface area contributed by atoms with Crippen molar-refractivity contribution in [1.82, 2.24) is 5.32 Å². The Balaban J connectivity index is 2.25. The van der Waals surface area contributed by atoms with Crippen molar-refractivity contribution >= 4 is 11.3 Å². The SMILES string of the molecule is CCNC(c1ccc(CC)o1)c1cccs1. The van der Waals surface area contributed by atoms with E-state index in [4.69, 9.17) is 4.42 Å². The molecule has 2 aromatic heterocycles. The summed E-state index contributed by atoms with van der Waals surface area (Å²) in [6.07, 6.45) is 0.948. The minimum atomic E-state index is 0.199. The van der Waals surface area contributed by atoms with E-state index in [0.717, 1.165) is 24.5 Å². The van der Waals surface area contributed by atoms with E-state index >= 15 is 0 Å². The van der Waals surface area contributed by atoms with Crippen molar-refractivity contribution in [2.24, 2.45) is 0 Å². The molecule has 0 aliphatic rings. The molecule has 86 valence electrons. The lowest BCUT2D eigenvalue weighted by molar-refractivity contribution is 0.428. The molecular weight excluding hydrogens is 218 g/mol. The molecule has 1 N–H and O–H groups in total. The van der Waals surface area contributed by atoms with Gasteiger partial charge in [-0.15, -0.1) is 11.3 Å². The van der Waals surface area contributed by atoms with Gasteiger partial charge in [0.2, 0.25) is 0 Å². The fraction of sp³-hybridized carbons (Fsp3) is 0.385. The van der Waals surface area contributed by atoms with Crippen LogP contribution in [-0.4, -0.2) is 6.54 Å². The standard InChI is InChI=1S/C13H17NOS/c1-3-10-7-8-11(15-10)13(14-4-2)12-6-5-9-16-12/h5-9,13-14H,3-4H2,1-2H3.